The van der Waals surface area contributed by atoms with Crippen LogP contribution < -0.4 is 10.6 Å². The van der Waals surface area contributed by atoms with E-state index in [1.54, 1.807) is 0 Å². The predicted molar refractivity (Wildman–Crippen MR) is 67.7 cm³/mol. The molecule has 2 N–H and O–H groups in total. The van der Waals surface area contributed by atoms with Gasteiger partial charge in [-0.05, 0) is 18.8 Å². The first-order valence-electron chi connectivity index (χ1n) is 6.25. The number of amides is 2. The third-order valence-corrected chi connectivity index (χ3v) is 4.78. The van der Waals surface area contributed by atoms with Crippen molar-refractivity contribution in [3.05, 3.63) is 0 Å². The number of carbonyl (C=O) groups excluding carboxylic acids is 1. The van der Waals surface area contributed by atoms with E-state index in [2.05, 4.69) is 17.6 Å². The highest BCUT2D eigenvalue weighted by molar-refractivity contribution is 7.91. The van der Waals surface area contributed by atoms with Crippen molar-refractivity contribution in [1.82, 2.24) is 10.6 Å². The fraction of sp³-hybridized carbons (Fsp3) is 0.909. The second-order valence-electron chi connectivity index (χ2n) is 4.61. The Labute approximate surface area is 103 Å². The third-order valence-electron chi connectivity index (χ3n) is 2.94. The van der Waals surface area contributed by atoms with Crippen LogP contribution in [0.4, 0.5) is 4.79 Å². The summed E-state index contributed by atoms with van der Waals surface area (Å²) in [5.74, 6) is 0.557. The minimum Gasteiger partial charge on any atom is -0.338 e. The molecule has 100 valence electrons. The maximum atomic E-state index is 11.4. The number of unbranched alkanes of at least 4 members (excludes halogenated alkanes) is 2. The summed E-state index contributed by atoms with van der Waals surface area (Å²) in [5, 5.41) is 5.49. The van der Waals surface area contributed by atoms with Gasteiger partial charge in [0.1, 0.15) is 0 Å². The molecule has 0 aromatic carbocycles. The van der Waals surface area contributed by atoms with E-state index in [0.29, 0.717) is 19.5 Å². The summed E-state index contributed by atoms with van der Waals surface area (Å²) in [7, 11) is -2.84. The number of hydrogen-bond acceptors (Lipinski definition) is 3. The fourth-order valence-corrected chi connectivity index (χ4v) is 3.77. The van der Waals surface area contributed by atoms with Crippen molar-refractivity contribution in [3.63, 3.8) is 0 Å². The molecule has 1 fully saturated rings. The van der Waals surface area contributed by atoms with Gasteiger partial charge in [0.25, 0.3) is 0 Å². The molecule has 1 saturated heterocycles. The summed E-state index contributed by atoms with van der Waals surface area (Å²) >= 11 is 0. The van der Waals surface area contributed by atoms with Gasteiger partial charge in [-0.25, -0.2) is 13.2 Å². The van der Waals surface area contributed by atoms with E-state index in [0.717, 1.165) is 19.3 Å². The van der Waals surface area contributed by atoms with E-state index in [4.69, 9.17) is 0 Å². The number of hydrogen-bond donors (Lipinski definition) is 2. The SMILES string of the molecule is CCCCCNC(=O)NCC1CCS(=O)(=O)C1. The van der Waals surface area contributed by atoms with Gasteiger partial charge in [-0.2, -0.15) is 0 Å². The van der Waals surface area contributed by atoms with Crippen LogP contribution in [0.15, 0.2) is 0 Å². The zero-order valence-electron chi connectivity index (χ0n) is 10.4. The molecule has 5 nitrogen and oxygen atoms in total. The lowest BCUT2D eigenvalue weighted by Crippen LogP contribution is -2.38. The normalized spacial score (nSPS) is 22.3. The van der Waals surface area contributed by atoms with E-state index < -0.39 is 9.84 Å². The van der Waals surface area contributed by atoms with Gasteiger partial charge in [-0.15, -0.1) is 0 Å². The molecule has 0 aromatic rings. The molecule has 0 spiro atoms. The summed E-state index contributed by atoms with van der Waals surface area (Å²) in [6.45, 7) is 3.25. The lowest BCUT2D eigenvalue weighted by Gasteiger charge is -2.10. The Morgan fingerprint density at radius 1 is 1.29 bits per heavy atom. The average molecular weight is 262 g/mol. The van der Waals surface area contributed by atoms with Gasteiger partial charge in [0.05, 0.1) is 11.5 Å². The van der Waals surface area contributed by atoms with Gasteiger partial charge in [-0.1, -0.05) is 19.8 Å². The Balaban J connectivity index is 2.08. The Morgan fingerprint density at radius 3 is 2.65 bits per heavy atom. The molecular weight excluding hydrogens is 240 g/mol. The molecule has 0 bridgehead atoms. The molecule has 0 saturated carbocycles. The van der Waals surface area contributed by atoms with E-state index in [9.17, 15) is 13.2 Å². The smallest absolute Gasteiger partial charge is 0.314 e. The molecule has 0 aromatic heterocycles. The first-order valence-corrected chi connectivity index (χ1v) is 8.08. The van der Waals surface area contributed by atoms with Crippen molar-refractivity contribution in [1.29, 1.82) is 0 Å². The first-order chi connectivity index (χ1) is 8.03. The number of urea groups is 1. The Morgan fingerprint density at radius 2 is 2.06 bits per heavy atom. The number of sulfone groups is 1. The van der Waals surface area contributed by atoms with Crippen LogP contribution in [0.1, 0.15) is 32.6 Å². The minimum atomic E-state index is -2.84. The summed E-state index contributed by atoms with van der Waals surface area (Å²) < 4.78 is 22.4. The highest BCUT2D eigenvalue weighted by atomic mass is 32.2. The van der Waals surface area contributed by atoms with Crippen molar-refractivity contribution >= 4 is 15.9 Å². The van der Waals surface area contributed by atoms with Gasteiger partial charge in [-0.3, -0.25) is 0 Å². The second kappa shape index (κ2) is 6.83. The van der Waals surface area contributed by atoms with Crippen molar-refractivity contribution in [3.8, 4) is 0 Å². The van der Waals surface area contributed by atoms with Crippen LogP contribution in [-0.4, -0.2) is 39.0 Å². The maximum absolute atomic E-state index is 11.4. The molecule has 1 aliphatic rings. The van der Waals surface area contributed by atoms with Crippen molar-refractivity contribution in [2.45, 2.75) is 32.6 Å². The summed E-state index contributed by atoms with van der Waals surface area (Å²) in [5.41, 5.74) is 0. The fourth-order valence-electron chi connectivity index (χ4n) is 1.91. The predicted octanol–water partition coefficient (Wildman–Crippen LogP) is 0.911. The first kappa shape index (κ1) is 14.3. The molecule has 1 heterocycles. The molecule has 1 rings (SSSR count). The number of rotatable bonds is 6. The second-order valence-corrected chi connectivity index (χ2v) is 6.84. The Hall–Kier alpha value is -0.780. The van der Waals surface area contributed by atoms with Gasteiger partial charge >= 0.3 is 6.03 Å². The number of nitrogens with one attached hydrogen (secondary N) is 2. The third kappa shape index (κ3) is 5.91. The highest BCUT2D eigenvalue weighted by Crippen LogP contribution is 2.17. The van der Waals surface area contributed by atoms with E-state index in [-0.39, 0.29) is 23.5 Å². The van der Waals surface area contributed by atoms with Crippen LogP contribution in [0, 0.1) is 5.92 Å². The lowest BCUT2D eigenvalue weighted by molar-refractivity contribution is 0.239. The molecule has 1 atom stereocenters. The maximum Gasteiger partial charge on any atom is 0.314 e. The zero-order valence-corrected chi connectivity index (χ0v) is 11.2. The molecule has 1 aliphatic heterocycles. The van der Waals surface area contributed by atoms with Gasteiger partial charge in [0.15, 0.2) is 9.84 Å². The van der Waals surface area contributed by atoms with Gasteiger partial charge < -0.3 is 10.6 Å². The van der Waals surface area contributed by atoms with Gasteiger partial charge in [0, 0.05) is 13.1 Å². The lowest BCUT2D eigenvalue weighted by atomic mass is 10.1. The quantitative estimate of drug-likeness (QED) is 0.699. The summed E-state index contributed by atoms with van der Waals surface area (Å²) in [6.07, 6.45) is 3.89. The highest BCUT2D eigenvalue weighted by Gasteiger charge is 2.27. The van der Waals surface area contributed by atoms with Crippen LogP contribution in [0.3, 0.4) is 0 Å². The van der Waals surface area contributed by atoms with Crippen LogP contribution in [-0.2, 0) is 9.84 Å². The topological polar surface area (TPSA) is 75.3 Å². The van der Waals surface area contributed by atoms with Crippen molar-refractivity contribution < 1.29 is 13.2 Å². The molecule has 0 radical (unpaired) electrons. The summed E-state index contributed by atoms with van der Waals surface area (Å²) in [6, 6.07) is -0.189. The molecule has 17 heavy (non-hydrogen) atoms. The Kier molecular flexibility index (Phi) is 5.74. The molecule has 6 heteroatoms. The molecule has 2 amide bonds. The van der Waals surface area contributed by atoms with E-state index in [1.807, 2.05) is 0 Å². The largest absolute Gasteiger partial charge is 0.338 e. The van der Waals surface area contributed by atoms with Crippen molar-refractivity contribution in [2.75, 3.05) is 24.6 Å². The van der Waals surface area contributed by atoms with E-state index >= 15 is 0 Å². The van der Waals surface area contributed by atoms with Crippen LogP contribution in [0.2, 0.25) is 0 Å². The molecular formula is C11H22N2O3S. The molecule has 0 aliphatic carbocycles. The van der Waals surface area contributed by atoms with Crippen molar-refractivity contribution in [2.24, 2.45) is 5.92 Å². The van der Waals surface area contributed by atoms with Crippen LogP contribution in [0.25, 0.3) is 0 Å². The van der Waals surface area contributed by atoms with Crippen LogP contribution >= 0.6 is 0 Å². The number of carbonyl (C=O) groups is 1. The standard InChI is InChI=1S/C11H22N2O3S/c1-2-3-4-6-12-11(14)13-8-10-5-7-17(15,16)9-10/h10H,2-9H2,1H3,(H2,12,13,14). The summed E-state index contributed by atoms with van der Waals surface area (Å²) in [4.78, 5) is 11.4. The van der Waals surface area contributed by atoms with Crippen LogP contribution in [0.5, 0.6) is 0 Å². The van der Waals surface area contributed by atoms with E-state index in [1.165, 1.54) is 0 Å². The monoisotopic (exact) mass is 262 g/mol. The zero-order chi connectivity index (χ0) is 12.7. The average Bonchev–Trinajstić information content (AvgIpc) is 2.62. The minimum absolute atomic E-state index is 0.0846. The molecule has 1 unspecified atom stereocenters. The van der Waals surface area contributed by atoms with Gasteiger partial charge in [0.2, 0.25) is 0 Å². The Bertz CT molecular complexity index is 341.